The van der Waals surface area contributed by atoms with Crippen molar-refractivity contribution in [3.05, 3.63) is 40.1 Å². The Morgan fingerprint density at radius 1 is 1.00 bits per heavy atom. The minimum absolute atomic E-state index is 0.0530. The Labute approximate surface area is 142 Å². The lowest BCUT2D eigenvalue weighted by Crippen LogP contribution is -2.03. The Bertz CT molecular complexity index is 1030. The van der Waals surface area contributed by atoms with Gasteiger partial charge in [-0.2, -0.15) is 0 Å². The van der Waals surface area contributed by atoms with Crippen molar-refractivity contribution in [2.45, 2.75) is 6.92 Å². The number of benzene rings is 2. The molecule has 0 aliphatic heterocycles. The number of phenolic OH excluding ortho intramolecular Hbond substituents is 2. The van der Waals surface area contributed by atoms with E-state index in [0.29, 0.717) is 22.6 Å². The zero-order valence-corrected chi connectivity index (χ0v) is 13.8. The monoisotopic (exact) mass is 344 g/mol. The summed E-state index contributed by atoms with van der Waals surface area (Å²) in [5.41, 5.74) is 0.233. The highest BCUT2D eigenvalue weighted by Crippen LogP contribution is 2.40. The molecule has 0 aliphatic carbocycles. The van der Waals surface area contributed by atoms with Gasteiger partial charge in [-0.05, 0) is 24.6 Å². The van der Waals surface area contributed by atoms with Crippen LogP contribution in [0.5, 0.6) is 28.7 Å². The lowest BCUT2D eigenvalue weighted by molar-refractivity contribution is 0.353. The van der Waals surface area contributed by atoms with Crippen molar-refractivity contribution < 1.29 is 29.2 Å². The van der Waals surface area contributed by atoms with Crippen LogP contribution in [0.3, 0.4) is 0 Å². The lowest BCUT2D eigenvalue weighted by Gasteiger charge is -2.13. The SMILES string of the molecule is COc1cc(-c2oc3cc(O)cc(O)c3c(=O)c2O)cc(C)c1OC. The first kappa shape index (κ1) is 16.5. The average molecular weight is 344 g/mol. The van der Waals surface area contributed by atoms with Crippen LogP contribution in [0.15, 0.2) is 33.5 Å². The molecule has 1 aromatic heterocycles. The van der Waals surface area contributed by atoms with Crippen LogP contribution < -0.4 is 14.9 Å². The number of methoxy groups -OCH3 is 2. The molecule has 1 heterocycles. The van der Waals surface area contributed by atoms with Gasteiger partial charge in [0.25, 0.3) is 0 Å². The van der Waals surface area contributed by atoms with Gasteiger partial charge in [0.1, 0.15) is 22.5 Å². The summed E-state index contributed by atoms with van der Waals surface area (Å²) in [7, 11) is 2.97. The van der Waals surface area contributed by atoms with Gasteiger partial charge in [0.05, 0.1) is 14.2 Å². The number of ether oxygens (including phenoxy) is 2. The Balaban J connectivity index is 2.35. The molecular formula is C18H16O7. The molecule has 3 rings (SSSR count). The molecule has 0 radical (unpaired) electrons. The van der Waals surface area contributed by atoms with E-state index in [1.807, 2.05) is 0 Å². The average Bonchev–Trinajstić information content (AvgIpc) is 2.56. The summed E-state index contributed by atoms with van der Waals surface area (Å²) in [6.45, 7) is 1.78. The number of aromatic hydroxyl groups is 3. The summed E-state index contributed by atoms with van der Waals surface area (Å²) >= 11 is 0. The second-order valence-corrected chi connectivity index (χ2v) is 5.48. The summed E-state index contributed by atoms with van der Waals surface area (Å²) in [6.07, 6.45) is 0. The normalized spacial score (nSPS) is 10.8. The van der Waals surface area contributed by atoms with Crippen LogP contribution in [0.2, 0.25) is 0 Å². The Hall–Kier alpha value is -3.35. The molecule has 7 nitrogen and oxygen atoms in total. The van der Waals surface area contributed by atoms with Crippen LogP contribution in [-0.2, 0) is 0 Å². The minimum Gasteiger partial charge on any atom is -0.508 e. The van der Waals surface area contributed by atoms with Crippen molar-refractivity contribution in [3.8, 4) is 40.1 Å². The number of hydrogen-bond acceptors (Lipinski definition) is 7. The topological polar surface area (TPSA) is 109 Å². The van der Waals surface area contributed by atoms with Crippen LogP contribution >= 0.6 is 0 Å². The van der Waals surface area contributed by atoms with Gasteiger partial charge >= 0.3 is 0 Å². The van der Waals surface area contributed by atoms with E-state index in [1.54, 1.807) is 19.1 Å². The molecule has 0 fully saturated rings. The van der Waals surface area contributed by atoms with Crippen molar-refractivity contribution in [3.63, 3.8) is 0 Å². The van der Waals surface area contributed by atoms with Crippen LogP contribution in [0, 0.1) is 6.92 Å². The van der Waals surface area contributed by atoms with Crippen molar-refractivity contribution in [2.24, 2.45) is 0 Å². The van der Waals surface area contributed by atoms with Gasteiger partial charge in [0, 0.05) is 17.7 Å². The quantitative estimate of drug-likeness (QED) is 0.670. The van der Waals surface area contributed by atoms with E-state index < -0.39 is 16.9 Å². The first-order valence-corrected chi connectivity index (χ1v) is 7.32. The van der Waals surface area contributed by atoms with Gasteiger partial charge in [-0.25, -0.2) is 0 Å². The summed E-state index contributed by atoms with van der Waals surface area (Å²) in [4.78, 5) is 12.4. The first-order valence-electron chi connectivity index (χ1n) is 7.32. The molecule has 0 aliphatic rings. The molecule has 7 heteroatoms. The second kappa shape index (κ2) is 5.94. The summed E-state index contributed by atoms with van der Waals surface area (Å²) < 4.78 is 16.1. The van der Waals surface area contributed by atoms with Crippen molar-refractivity contribution in [2.75, 3.05) is 14.2 Å². The summed E-state index contributed by atoms with van der Waals surface area (Å²) in [5.74, 6) is -0.586. The molecular weight excluding hydrogens is 328 g/mol. The third kappa shape index (κ3) is 2.59. The van der Waals surface area contributed by atoms with Gasteiger partial charge in [0.2, 0.25) is 11.2 Å². The van der Waals surface area contributed by atoms with E-state index in [4.69, 9.17) is 13.9 Å². The highest BCUT2D eigenvalue weighted by molar-refractivity contribution is 5.88. The molecule has 0 saturated heterocycles. The van der Waals surface area contributed by atoms with E-state index >= 15 is 0 Å². The van der Waals surface area contributed by atoms with Gasteiger partial charge in [-0.15, -0.1) is 0 Å². The third-order valence-electron chi connectivity index (χ3n) is 3.86. The standard InChI is InChI=1S/C18H16O7/c1-8-4-9(5-13(23-2)17(8)24-3)18-16(22)15(21)14-11(20)6-10(19)7-12(14)25-18/h4-7,19-20,22H,1-3H3. The molecule has 0 amide bonds. The van der Waals surface area contributed by atoms with E-state index in [1.165, 1.54) is 20.3 Å². The second-order valence-electron chi connectivity index (χ2n) is 5.48. The molecule has 0 bridgehead atoms. The molecule has 0 unspecified atom stereocenters. The van der Waals surface area contributed by atoms with Crippen LogP contribution in [0.25, 0.3) is 22.3 Å². The Kier molecular flexibility index (Phi) is 3.92. The fourth-order valence-corrected chi connectivity index (χ4v) is 2.76. The number of aryl methyl sites for hydroxylation is 1. The summed E-state index contributed by atoms with van der Waals surface area (Å²) in [6, 6.07) is 5.40. The maximum atomic E-state index is 12.4. The van der Waals surface area contributed by atoms with Gasteiger partial charge < -0.3 is 29.2 Å². The zero-order valence-electron chi connectivity index (χ0n) is 13.8. The third-order valence-corrected chi connectivity index (χ3v) is 3.86. The van der Waals surface area contributed by atoms with Crippen LogP contribution in [0.4, 0.5) is 0 Å². The fourth-order valence-electron chi connectivity index (χ4n) is 2.76. The molecule has 130 valence electrons. The van der Waals surface area contributed by atoms with Crippen LogP contribution in [-0.4, -0.2) is 29.5 Å². The fraction of sp³-hybridized carbons (Fsp3) is 0.167. The minimum atomic E-state index is -0.804. The maximum Gasteiger partial charge on any atom is 0.238 e. The number of fused-ring (bicyclic) bond motifs is 1. The molecule has 25 heavy (non-hydrogen) atoms. The predicted octanol–water partition coefficient (Wildman–Crippen LogP) is 2.90. The highest BCUT2D eigenvalue weighted by Gasteiger charge is 2.20. The smallest absolute Gasteiger partial charge is 0.238 e. The molecule has 3 aromatic rings. The van der Waals surface area contributed by atoms with E-state index in [-0.39, 0.29) is 22.5 Å². The molecule has 0 saturated carbocycles. The molecule has 2 aromatic carbocycles. The molecule has 0 atom stereocenters. The Morgan fingerprint density at radius 3 is 2.36 bits per heavy atom. The Morgan fingerprint density at radius 2 is 1.72 bits per heavy atom. The van der Waals surface area contributed by atoms with Crippen molar-refractivity contribution in [1.29, 1.82) is 0 Å². The van der Waals surface area contributed by atoms with Gasteiger partial charge in [0.15, 0.2) is 17.3 Å². The summed E-state index contributed by atoms with van der Waals surface area (Å²) in [5, 5.41) is 29.5. The van der Waals surface area contributed by atoms with Gasteiger partial charge in [-0.3, -0.25) is 4.79 Å². The van der Waals surface area contributed by atoms with Crippen molar-refractivity contribution >= 4 is 11.0 Å². The number of rotatable bonds is 3. The van der Waals surface area contributed by atoms with Gasteiger partial charge in [-0.1, -0.05) is 0 Å². The zero-order chi connectivity index (χ0) is 18.3. The first-order chi connectivity index (χ1) is 11.9. The van der Waals surface area contributed by atoms with E-state index in [9.17, 15) is 20.1 Å². The van der Waals surface area contributed by atoms with Crippen molar-refractivity contribution in [1.82, 2.24) is 0 Å². The van der Waals surface area contributed by atoms with Crippen LogP contribution in [0.1, 0.15) is 5.56 Å². The highest BCUT2D eigenvalue weighted by atomic mass is 16.5. The van der Waals surface area contributed by atoms with E-state index in [2.05, 4.69) is 0 Å². The largest absolute Gasteiger partial charge is 0.508 e. The predicted molar refractivity (Wildman–Crippen MR) is 90.8 cm³/mol. The number of hydrogen-bond donors (Lipinski definition) is 3. The molecule has 3 N–H and O–H groups in total. The maximum absolute atomic E-state index is 12.4. The number of phenols is 2. The van der Waals surface area contributed by atoms with E-state index in [0.717, 1.165) is 6.07 Å². The molecule has 0 spiro atoms. The lowest BCUT2D eigenvalue weighted by atomic mass is 10.1.